The minimum atomic E-state index is -1.12. The summed E-state index contributed by atoms with van der Waals surface area (Å²) >= 11 is -1.12. The van der Waals surface area contributed by atoms with Crippen molar-refractivity contribution in [1.29, 1.82) is 0 Å². The van der Waals surface area contributed by atoms with Crippen molar-refractivity contribution in [2.75, 3.05) is 18.0 Å². The van der Waals surface area contributed by atoms with Gasteiger partial charge < -0.3 is 9.45 Å². The number of pyridine rings is 1. The van der Waals surface area contributed by atoms with Crippen LogP contribution in [0.3, 0.4) is 0 Å². The summed E-state index contributed by atoms with van der Waals surface area (Å²) in [7, 11) is 0. The maximum absolute atomic E-state index is 13.2. The van der Waals surface area contributed by atoms with Crippen LogP contribution in [0.2, 0.25) is 0 Å². The lowest BCUT2D eigenvalue weighted by Crippen LogP contribution is -2.40. The van der Waals surface area contributed by atoms with Crippen LogP contribution < -0.4 is 9.62 Å². The number of hydrogen-bond acceptors (Lipinski definition) is 4. The molecule has 118 valence electrons. The van der Waals surface area contributed by atoms with Crippen LogP contribution in [0.1, 0.15) is 45.7 Å². The van der Waals surface area contributed by atoms with Crippen molar-refractivity contribution in [3.8, 4) is 0 Å². The maximum Gasteiger partial charge on any atom is 0.136 e. The molecule has 2 heterocycles. The second kappa shape index (κ2) is 6.50. The molecule has 1 fully saturated rings. The normalized spacial score (nSPS) is 22.4. The fourth-order valence-electron chi connectivity index (χ4n) is 2.17. The van der Waals surface area contributed by atoms with E-state index in [1.165, 1.54) is 0 Å². The van der Waals surface area contributed by atoms with Crippen LogP contribution >= 0.6 is 0 Å². The van der Waals surface area contributed by atoms with Gasteiger partial charge in [-0.25, -0.2) is 9.37 Å². The monoisotopic (exact) mass is 313 g/mol. The molecular formula is C15H24FN3OS. The van der Waals surface area contributed by atoms with Crippen molar-refractivity contribution in [3.63, 3.8) is 0 Å². The molecule has 0 spiro atoms. The van der Waals surface area contributed by atoms with Crippen LogP contribution in [0.15, 0.2) is 18.3 Å². The highest BCUT2D eigenvalue weighted by Crippen LogP contribution is 2.23. The number of hydrogen-bond donors (Lipinski definition) is 1. The Bertz CT molecular complexity index is 463. The number of nitrogens with zero attached hydrogens (tertiary/aromatic N) is 2. The van der Waals surface area contributed by atoms with Gasteiger partial charge in [-0.3, -0.25) is 0 Å². The van der Waals surface area contributed by atoms with Gasteiger partial charge in [0.2, 0.25) is 0 Å². The Balaban J connectivity index is 1.98. The lowest BCUT2D eigenvalue weighted by Gasteiger charge is -2.26. The molecule has 0 saturated carbocycles. The van der Waals surface area contributed by atoms with Gasteiger partial charge in [0.1, 0.15) is 16.7 Å². The topological polar surface area (TPSA) is 51.2 Å². The average molecular weight is 313 g/mol. The van der Waals surface area contributed by atoms with Crippen LogP contribution in [0, 0.1) is 0 Å². The predicted molar refractivity (Wildman–Crippen MR) is 85.4 cm³/mol. The van der Waals surface area contributed by atoms with E-state index in [9.17, 15) is 8.94 Å². The van der Waals surface area contributed by atoms with E-state index in [0.29, 0.717) is 13.0 Å². The summed E-state index contributed by atoms with van der Waals surface area (Å²) in [5.74, 6) is 0.808. The first-order chi connectivity index (χ1) is 9.77. The van der Waals surface area contributed by atoms with E-state index in [2.05, 4.69) is 9.71 Å². The maximum atomic E-state index is 13.2. The molecule has 4 nitrogen and oxygen atoms in total. The Labute approximate surface area is 129 Å². The molecule has 6 heteroatoms. The largest absolute Gasteiger partial charge is 0.598 e. The van der Waals surface area contributed by atoms with Gasteiger partial charge in [-0.2, -0.15) is 0 Å². The zero-order valence-corrected chi connectivity index (χ0v) is 13.9. The molecule has 1 aliphatic heterocycles. The van der Waals surface area contributed by atoms with Crippen LogP contribution in [0.4, 0.5) is 10.2 Å². The molecule has 0 aliphatic carbocycles. The number of aromatic nitrogens is 1. The van der Waals surface area contributed by atoms with Crippen LogP contribution in [0.25, 0.3) is 0 Å². The van der Waals surface area contributed by atoms with Crippen molar-refractivity contribution in [2.24, 2.45) is 0 Å². The van der Waals surface area contributed by atoms with Gasteiger partial charge in [0.15, 0.2) is 0 Å². The minimum absolute atomic E-state index is 0.0425. The number of nitrogens with one attached hydrogen (secondary N) is 1. The van der Waals surface area contributed by atoms with E-state index >= 15 is 0 Å². The Kier molecular flexibility index (Phi) is 5.11. The van der Waals surface area contributed by atoms with Crippen molar-refractivity contribution in [1.82, 2.24) is 9.71 Å². The number of rotatable bonds is 4. The molecule has 0 radical (unpaired) electrons. The molecule has 0 aromatic carbocycles. The van der Waals surface area contributed by atoms with Crippen molar-refractivity contribution in [3.05, 3.63) is 23.9 Å². The van der Waals surface area contributed by atoms with Crippen LogP contribution in [-0.4, -0.2) is 33.5 Å². The summed E-state index contributed by atoms with van der Waals surface area (Å²) < 4.78 is 28.1. The van der Waals surface area contributed by atoms with E-state index < -0.39 is 17.5 Å². The van der Waals surface area contributed by atoms with Crippen molar-refractivity contribution < 1.29 is 8.94 Å². The molecule has 1 saturated heterocycles. The van der Waals surface area contributed by atoms with Crippen molar-refractivity contribution >= 4 is 17.2 Å². The van der Waals surface area contributed by atoms with E-state index in [1.807, 2.05) is 44.7 Å². The molecule has 1 aromatic rings. The molecular weight excluding hydrogens is 289 g/mol. The van der Waals surface area contributed by atoms with Gasteiger partial charge in [0.05, 0.1) is 12.6 Å². The smallest absolute Gasteiger partial charge is 0.136 e. The summed E-state index contributed by atoms with van der Waals surface area (Å²) in [5.41, 5.74) is 0.979. The third kappa shape index (κ3) is 4.31. The zero-order valence-electron chi connectivity index (χ0n) is 13.1. The van der Waals surface area contributed by atoms with Gasteiger partial charge in [0.25, 0.3) is 0 Å². The number of alkyl halides is 1. The fraction of sp³-hybridized carbons (Fsp3) is 0.667. The predicted octanol–water partition coefficient (Wildman–Crippen LogP) is 2.74. The highest BCUT2D eigenvalue weighted by atomic mass is 32.2. The lowest BCUT2D eigenvalue weighted by atomic mass is 10.1. The lowest BCUT2D eigenvalue weighted by molar-refractivity contribution is 0.364. The molecule has 21 heavy (non-hydrogen) atoms. The molecule has 1 N–H and O–H groups in total. The molecule has 0 amide bonds. The summed E-state index contributed by atoms with van der Waals surface area (Å²) in [4.78, 5) is 6.36. The van der Waals surface area contributed by atoms with E-state index in [4.69, 9.17) is 0 Å². The fourth-order valence-corrected chi connectivity index (χ4v) is 2.98. The minimum Gasteiger partial charge on any atom is -0.598 e. The Morgan fingerprint density at radius 2 is 2.19 bits per heavy atom. The summed E-state index contributed by atoms with van der Waals surface area (Å²) in [6.45, 7) is 8.91. The number of halogens is 1. The van der Waals surface area contributed by atoms with Gasteiger partial charge in [0, 0.05) is 24.1 Å². The molecule has 2 unspecified atom stereocenters. The second-order valence-electron chi connectivity index (χ2n) is 6.50. The second-order valence-corrected chi connectivity index (χ2v) is 8.50. The van der Waals surface area contributed by atoms with E-state index in [0.717, 1.165) is 17.9 Å². The van der Waals surface area contributed by atoms with Gasteiger partial charge in [-0.15, -0.1) is 4.72 Å². The summed E-state index contributed by atoms with van der Waals surface area (Å²) in [6, 6.07) is 3.83. The van der Waals surface area contributed by atoms with Gasteiger partial charge >= 0.3 is 0 Å². The van der Waals surface area contributed by atoms with Gasteiger partial charge in [-0.1, -0.05) is 6.07 Å². The first kappa shape index (κ1) is 16.5. The SMILES string of the molecule is CC(N[S+]([O-])C(C)(C)C)c1ccc(N2CC[C@@H](F)C2)nc1. The Morgan fingerprint density at radius 3 is 2.67 bits per heavy atom. The summed E-state index contributed by atoms with van der Waals surface area (Å²) in [6.07, 6.45) is 1.60. The van der Waals surface area contributed by atoms with Crippen LogP contribution in [-0.2, 0) is 11.4 Å². The van der Waals surface area contributed by atoms with Crippen LogP contribution in [0.5, 0.6) is 0 Å². The molecule has 2 rings (SSSR count). The van der Waals surface area contributed by atoms with E-state index in [1.54, 1.807) is 6.20 Å². The highest BCUT2D eigenvalue weighted by molar-refractivity contribution is 7.90. The molecule has 3 atom stereocenters. The molecule has 1 aliphatic rings. The molecule has 1 aromatic heterocycles. The Hall–Kier alpha value is -0.850. The Morgan fingerprint density at radius 1 is 1.48 bits per heavy atom. The first-order valence-electron chi connectivity index (χ1n) is 7.30. The zero-order chi connectivity index (χ0) is 15.6. The molecule has 0 bridgehead atoms. The quantitative estimate of drug-likeness (QED) is 0.869. The van der Waals surface area contributed by atoms with Gasteiger partial charge in [-0.05, 0) is 45.7 Å². The van der Waals surface area contributed by atoms with E-state index in [-0.39, 0.29) is 10.8 Å². The first-order valence-corrected chi connectivity index (χ1v) is 8.45. The standard InChI is InChI=1S/C15H24FN3OS/c1-11(18-21(20)15(2,3)4)12-5-6-14(17-9-12)19-8-7-13(16)10-19/h5-6,9,11,13,18H,7-8,10H2,1-4H3/t11?,13-,21?/m1/s1. The van der Waals surface area contributed by atoms with Crippen molar-refractivity contribution in [2.45, 2.75) is 51.1 Å². The third-order valence-corrected chi connectivity index (χ3v) is 5.25. The third-order valence-electron chi connectivity index (χ3n) is 3.57. The summed E-state index contributed by atoms with van der Waals surface area (Å²) in [5, 5.41) is 0. The number of anilines is 1. The average Bonchev–Trinajstić information content (AvgIpc) is 2.84. The highest BCUT2D eigenvalue weighted by Gasteiger charge is 2.28.